The van der Waals surface area contributed by atoms with E-state index in [1.165, 1.54) is 25.7 Å². The molecule has 166 valence electrons. The number of amides is 2. The third-order valence-electron chi connectivity index (χ3n) is 4.77. The second-order valence-electron chi connectivity index (χ2n) is 7.39. The summed E-state index contributed by atoms with van der Waals surface area (Å²) >= 11 is 0. The molecule has 0 radical (unpaired) electrons. The lowest BCUT2D eigenvalue weighted by molar-refractivity contribution is 0.252. The lowest BCUT2D eigenvalue weighted by Crippen LogP contribution is -2.34. The summed E-state index contributed by atoms with van der Waals surface area (Å²) in [7, 11) is -3.19. The number of aryl methyl sites for hydroxylation is 1. The highest BCUT2D eigenvalue weighted by atomic mass is 32.2. The van der Waals surface area contributed by atoms with Gasteiger partial charge in [0.15, 0.2) is 0 Å². The Bertz CT molecular complexity index is 723. The number of nitrogens with zero attached hydrogens (tertiary/aromatic N) is 1. The molecular formula is C21H38N4O3S. The average Bonchev–Trinajstić information content (AvgIpc) is 2.65. The molecule has 0 spiro atoms. The molecule has 1 aromatic carbocycles. The van der Waals surface area contributed by atoms with E-state index in [9.17, 15) is 13.2 Å². The van der Waals surface area contributed by atoms with Crippen LogP contribution in [0.3, 0.4) is 0 Å². The molecule has 0 aromatic heterocycles. The van der Waals surface area contributed by atoms with E-state index in [0.717, 1.165) is 42.6 Å². The van der Waals surface area contributed by atoms with Crippen molar-refractivity contribution >= 4 is 27.4 Å². The van der Waals surface area contributed by atoms with Crippen LogP contribution < -0.4 is 20.3 Å². The molecule has 0 heterocycles. The van der Waals surface area contributed by atoms with Crippen LogP contribution in [-0.4, -0.2) is 46.9 Å². The molecule has 8 heteroatoms. The lowest BCUT2D eigenvalue weighted by Gasteiger charge is -2.24. The van der Waals surface area contributed by atoms with E-state index in [1.807, 2.05) is 32.0 Å². The van der Waals surface area contributed by atoms with E-state index in [0.29, 0.717) is 19.6 Å². The highest BCUT2D eigenvalue weighted by Gasteiger charge is 2.09. The Kier molecular flexibility index (Phi) is 11.7. The summed E-state index contributed by atoms with van der Waals surface area (Å²) in [6.07, 6.45) is 8.33. The maximum atomic E-state index is 12.1. The first kappa shape index (κ1) is 25.2. The quantitative estimate of drug-likeness (QED) is 0.394. The first-order valence-corrected chi connectivity index (χ1v) is 12.5. The Hall–Kier alpha value is -1.80. The minimum Gasteiger partial charge on any atom is -0.370 e. The van der Waals surface area contributed by atoms with Crippen molar-refractivity contribution in [3.05, 3.63) is 23.8 Å². The highest BCUT2D eigenvalue weighted by Crippen LogP contribution is 2.22. The molecule has 0 fully saturated rings. The number of carbonyl (C=O) groups is 1. The number of hydrogen-bond acceptors (Lipinski definition) is 4. The number of carbonyl (C=O) groups excluding carboxylic acids is 1. The Morgan fingerprint density at radius 2 is 1.72 bits per heavy atom. The number of hydrogen-bond donors (Lipinski definition) is 3. The van der Waals surface area contributed by atoms with Crippen molar-refractivity contribution in [2.24, 2.45) is 0 Å². The Balaban J connectivity index is 2.47. The monoisotopic (exact) mass is 426 g/mol. The van der Waals surface area contributed by atoms with Crippen LogP contribution in [0.1, 0.15) is 57.9 Å². The molecule has 0 bridgehead atoms. The summed E-state index contributed by atoms with van der Waals surface area (Å²) in [5, 5.41) is 5.82. The molecule has 7 nitrogen and oxygen atoms in total. The van der Waals surface area contributed by atoms with Gasteiger partial charge >= 0.3 is 6.03 Å². The van der Waals surface area contributed by atoms with Gasteiger partial charge in [0.2, 0.25) is 10.0 Å². The van der Waals surface area contributed by atoms with Gasteiger partial charge in [-0.1, -0.05) is 39.0 Å². The third-order valence-corrected chi connectivity index (χ3v) is 5.50. The maximum absolute atomic E-state index is 12.1. The van der Waals surface area contributed by atoms with Gasteiger partial charge in [0.05, 0.1) is 6.26 Å². The fourth-order valence-corrected chi connectivity index (χ4v) is 3.56. The van der Waals surface area contributed by atoms with Crippen LogP contribution in [0.2, 0.25) is 0 Å². The third kappa shape index (κ3) is 11.1. The SMILES string of the molecule is CCCCCCCCNC(=O)Nc1ccc(N(CC)CCNS(C)(=O)=O)cc1C. The molecule has 1 aromatic rings. The zero-order valence-electron chi connectivity index (χ0n) is 18.4. The molecule has 29 heavy (non-hydrogen) atoms. The van der Waals surface area contributed by atoms with Gasteiger partial charge in [-0.05, 0) is 44.0 Å². The van der Waals surface area contributed by atoms with E-state index in [2.05, 4.69) is 27.2 Å². The number of nitrogens with one attached hydrogen (secondary N) is 3. The molecule has 0 aliphatic rings. The van der Waals surface area contributed by atoms with Gasteiger partial charge < -0.3 is 15.5 Å². The second kappa shape index (κ2) is 13.4. The van der Waals surface area contributed by atoms with Crippen molar-refractivity contribution in [2.45, 2.75) is 59.3 Å². The van der Waals surface area contributed by atoms with Crippen molar-refractivity contribution in [1.82, 2.24) is 10.0 Å². The van der Waals surface area contributed by atoms with Crippen molar-refractivity contribution in [3.8, 4) is 0 Å². The van der Waals surface area contributed by atoms with Crippen LogP contribution in [0.5, 0.6) is 0 Å². The number of benzene rings is 1. The van der Waals surface area contributed by atoms with Gasteiger partial charge in [0.25, 0.3) is 0 Å². The van der Waals surface area contributed by atoms with Crippen LogP contribution in [-0.2, 0) is 10.0 Å². The molecule has 3 N–H and O–H groups in total. The van der Waals surface area contributed by atoms with E-state index < -0.39 is 10.0 Å². The molecular weight excluding hydrogens is 388 g/mol. The zero-order valence-corrected chi connectivity index (χ0v) is 19.2. The highest BCUT2D eigenvalue weighted by molar-refractivity contribution is 7.88. The lowest BCUT2D eigenvalue weighted by atomic mass is 10.1. The normalized spacial score (nSPS) is 11.3. The Morgan fingerprint density at radius 3 is 2.34 bits per heavy atom. The second-order valence-corrected chi connectivity index (χ2v) is 9.23. The fraction of sp³-hybridized carbons (Fsp3) is 0.667. The van der Waals surface area contributed by atoms with Crippen molar-refractivity contribution in [2.75, 3.05) is 42.7 Å². The number of urea groups is 1. The molecule has 0 saturated heterocycles. The van der Waals surface area contributed by atoms with Gasteiger partial charge in [0, 0.05) is 37.6 Å². The molecule has 0 atom stereocenters. The van der Waals surface area contributed by atoms with Gasteiger partial charge in [-0.25, -0.2) is 17.9 Å². The minimum atomic E-state index is -3.19. The summed E-state index contributed by atoms with van der Waals surface area (Å²) in [6, 6.07) is 5.66. The van der Waals surface area contributed by atoms with E-state index >= 15 is 0 Å². The van der Waals surface area contributed by atoms with Crippen LogP contribution in [0.15, 0.2) is 18.2 Å². The smallest absolute Gasteiger partial charge is 0.319 e. The predicted octanol–water partition coefficient (Wildman–Crippen LogP) is 3.85. The molecule has 0 unspecified atom stereocenters. The van der Waals surface area contributed by atoms with E-state index in [1.54, 1.807) is 0 Å². The first-order chi connectivity index (χ1) is 13.8. The first-order valence-electron chi connectivity index (χ1n) is 10.6. The standard InChI is InChI=1S/C21H38N4O3S/c1-5-7-8-9-10-11-14-22-21(26)24-20-13-12-19(17-18(20)3)25(6-2)16-15-23-29(4,27)28/h12-13,17,23H,5-11,14-16H2,1-4H3,(H2,22,24,26). The topological polar surface area (TPSA) is 90.5 Å². The molecule has 1 rings (SSSR count). The fourth-order valence-electron chi connectivity index (χ4n) is 3.09. The number of unbranched alkanes of at least 4 members (excludes halogenated alkanes) is 5. The summed E-state index contributed by atoms with van der Waals surface area (Å²) in [6.45, 7) is 8.56. The van der Waals surface area contributed by atoms with Gasteiger partial charge in [-0.2, -0.15) is 0 Å². The summed E-state index contributed by atoms with van der Waals surface area (Å²) in [5.41, 5.74) is 2.74. The van der Waals surface area contributed by atoms with Crippen molar-refractivity contribution in [3.63, 3.8) is 0 Å². The molecule has 0 aliphatic heterocycles. The van der Waals surface area contributed by atoms with Crippen molar-refractivity contribution in [1.29, 1.82) is 0 Å². The summed E-state index contributed by atoms with van der Waals surface area (Å²) in [5.74, 6) is 0. The molecule has 0 aliphatic carbocycles. The number of sulfonamides is 1. The van der Waals surface area contributed by atoms with Gasteiger partial charge in [0.1, 0.15) is 0 Å². The van der Waals surface area contributed by atoms with Crippen LogP contribution in [0, 0.1) is 6.92 Å². The number of rotatable bonds is 14. The Labute approximate surface area is 176 Å². The van der Waals surface area contributed by atoms with Gasteiger partial charge in [-0.3, -0.25) is 0 Å². The van der Waals surface area contributed by atoms with E-state index in [4.69, 9.17) is 0 Å². The van der Waals surface area contributed by atoms with Crippen LogP contribution >= 0.6 is 0 Å². The zero-order chi connectivity index (χ0) is 21.7. The largest absolute Gasteiger partial charge is 0.370 e. The maximum Gasteiger partial charge on any atom is 0.319 e. The van der Waals surface area contributed by atoms with E-state index in [-0.39, 0.29) is 6.03 Å². The van der Waals surface area contributed by atoms with Crippen molar-refractivity contribution < 1.29 is 13.2 Å². The molecule has 0 saturated carbocycles. The number of likely N-dealkylation sites (N-methyl/N-ethyl adjacent to an activating group) is 1. The summed E-state index contributed by atoms with van der Waals surface area (Å²) in [4.78, 5) is 14.2. The van der Waals surface area contributed by atoms with Crippen LogP contribution in [0.25, 0.3) is 0 Å². The predicted molar refractivity (Wildman–Crippen MR) is 122 cm³/mol. The molecule has 2 amide bonds. The Morgan fingerprint density at radius 1 is 1.03 bits per heavy atom. The van der Waals surface area contributed by atoms with Crippen LogP contribution in [0.4, 0.5) is 16.2 Å². The van der Waals surface area contributed by atoms with Gasteiger partial charge in [-0.15, -0.1) is 0 Å². The number of anilines is 2. The average molecular weight is 427 g/mol. The summed E-state index contributed by atoms with van der Waals surface area (Å²) < 4.78 is 24.9. The minimum absolute atomic E-state index is 0.181.